The Bertz CT molecular complexity index is 1550. The highest BCUT2D eigenvalue weighted by Gasteiger charge is 2.43. The number of carbonyl (C=O) groups excluding carboxylic acids is 4. The van der Waals surface area contributed by atoms with Crippen molar-refractivity contribution >= 4 is 23.9 Å². The minimum absolute atomic E-state index is 0.155. The van der Waals surface area contributed by atoms with Crippen LogP contribution in [0.5, 0.6) is 0 Å². The predicted molar refractivity (Wildman–Crippen MR) is 192 cm³/mol. The molecule has 0 aliphatic heterocycles. The lowest BCUT2D eigenvalue weighted by Crippen LogP contribution is -2.60. The van der Waals surface area contributed by atoms with Crippen LogP contribution in [0.4, 0.5) is 4.79 Å². The van der Waals surface area contributed by atoms with E-state index in [0.29, 0.717) is 5.56 Å². The summed E-state index contributed by atoms with van der Waals surface area (Å²) in [4.78, 5) is 57.7. The summed E-state index contributed by atoms with van der Waals surface area (Å²) in [6.07, 6.45) is -0.412. The first kappa shape index (κ1) is 38.8. The van der Waals surface area contributed by atoms with Crippen molar-refractivity contribution in [2.24, 2.45) is 0 Å². The van der Waals surface area contributed by atoms with E-state index in [4.69, 9.17) is 9.47 Å². The van der Waals surface area contributed by atoms with Gasteiger partial charge >= 0.3 is 12.1 Å². The van der Waals surface area contributed by atoms with E-state index in [9.17, 15) is 19.2 Å². The Balaban J connectivity index is 2.12. The molecule has 0 aromatic heterocycles. The molecule has 2 N–H and O–H groups in total. The highest BCUT2D eigenvalue weighted by atomic mass is 16.6. The lowest BCUT2D eigenvalue weighted by atomic mass is 9.93. The second-order valence-corrected chi connectivity index (χ2v) is 15.4. The first-order chi connectivity index (χ1) is 22.7. The van der Waals surface area contributed by atoms with Gasteiger partial charge in [-0.25, -0.2) is 9.59 Å². The molecule has 3 aromatic carbocycles. The van der Waals surface area contributed by atoms with Crippen LogP contribution in [0.2, 0.25) is 0 Å². The maximum Gasteiger partial charge on any atom is 0.408 e. The van der Waals surface area contributed by atoms with Gasteiger partial charge in [0.15, 0.2) is 0 Å². The van der Waals surface area contributed by atoms with Crippen molar-refractivity contribution in [1.29, 1.82) is 0 Å². The van der Waals surface area contributed by atoms with Crippen LogP contribution in [0, 0.1) is 6.92 Å². The van der Waals surface area contributed by atoms with Gasteiger partial charge in [-0.15, -0.1) is 0 Å². The molecule has 0 spiro atoms. The lowest BCUT2D eigenvalue weighted by Gasteiger charge is -2.43. The first-order valence-corrected chi connectivity index (χ1v) is 16.7. The molecular formula is C40H53N3O6. The summed E-state index contributed by atoms with van der Waals surface area (Å²) in [5.74, 6) is -1.64. The van der Waals surface area contributed by atoms with Crippen molar-refractivity contribution in [2.75, 3.05) is 0 Å². The second-order valence-electron chi connectivity index (χ2n) is 15.4. The van der Waals surface area contributed by atoms with Gasteiger partial charge in [0, 0.05) is 18.4 Å². The highest BCUT2D eigenvalue weighted by Crippen LogP contribution is 2.31. The Morgan fingerprint density at radius 3 is 1.55 bits per heavy atom. The molecular weight excluding hydrogens is 618 g/mol. The molecule has 3 atom stereocenters. The topological polar surface area (TPSA) is 114 Å². The first-order valence-electron chi connectivity index (χ1n) is 16.7. The number of carbonyl (C=O) groups is 4. The number of nitrogens with zero attached hydrogens (tertiary/aromatic N) is 1. The summed E-state index contributed by atoms with van der Waals surface area (Å²) in [7, 11) is 0. The Morgan fingerprint density at radius 2 is 1.10 bits per heavy atom. The molecule has 9 heteroatoms. The number of nitrogens with one attached hydrogen (secondary N) is 2. The lowest BCUT2D eigenvalue weighted by molar-refractivity contribution is -0.159. The van der Waals surface area contributed by atoms with Gasteiger partial charge in [-0.05, 0) is 85.9 Å². The fraction of sp³-hybridized carbons (Fsp3) is 0.450. The Labute approximate surface area is 291 Å². The highest BCUT2D eigenvalue weighted by molar-refractivity contribution is 5.94. The third-order valence-corrected chi connectivity index (χ3v) is 7.42. The zero-order valence-corrected chi connectivity index (χ0v) is 30.6. The zero-order valence-electron chi connectivity index (χ0n) is 30.6. The van der Waals surface area contributed by atoms with Crippen LogP contribution in [-0.4, -0.2) is 57.6 Å². The zero-order chi connectivity index (χ0) is 36.6. The largest absolute Gasteiger partial charge is 0.458 e. The van der Waals surface area contributed by atoms with Crippen LogP contribution in [-0.2, 0) is 36.7 Å². The number of alkyl carbamates (subject to hydrolysis) is 1. The van der Waals surface area contributed by atoms with Crippen molar-refractivity contribution in [1.82, 2.24) is 15.5 Å². The second kappa shape index (κ2) is 16.2. The smallest absolute Gasteiger partial charge is 0.408 e. The van der Waals surface area contributed by atoms with Crippen LogP contribution < -0.4 is 10.6 Å². The average Bonchev–Trinajstić information content (AvgIpc) is 2.98. The molecule has 9 nitrogen and oxygen atoms in total. The molecule has 3 amide bonds. The minimum atomic E-state index is -1.17. The van der Waals surface area contributed by atoms with E-state index in [1.807, 2.05) is 100 Å². The van der Waals surface area contributed by atoms with Gasteiger partial charge in [0.1, 0.15) is 29.3 Å². The summed E-state index contributed by atoms with van der Waals surface area (Å²) in [6, 6.07) is 22.8. The molecule has 0 heterocycles. The molecule has 0 saturated carbocycles. The maximum absolute atomic E-state index is 14.9. The van der Waals surface area contributed by atoms with E-state index >= 15 is 0 Å². The molecule has 3 aromatic rings. The number of rotatable bonds is 11. The van der Waals surface area contributed by atoms with Gasteiger partial charge in [-0.2, -0.15) is 0 Å². The third kappa shape index (κ3) is 12.4. The van der Waals surface area contributed by atoms with Gasteiger partial charge < -0.3 is 25.0 Å². The van der Waals surface area contributed by atoms with E-state index in [1.165, 1.54) is 4.90 Å². The fourth-order valence-electron chi connectivity index (χ4n) is 5.35. The van der Waals surface area contributed by atoms with Crippen molar-refractivity contribution in [2.45, 2.75) is 117 Å². The van der Waals surface area contributed by atoms with Crippen molar-refractivity contribution < 1.29 is 28.7 Å². The molecule has 0 radical (unpaired) electrons. The molecule has 3 unspecified atom stereocenters. The van der Waals surface area contributed by atoms with Gasteiger partial charge in [0.2, 0.25) is 11.8 Å². The van der Waals surface area contributed by atoms with E-state index < -0.39 is 58.7 Å². The van der Waals surface area contributed by atoms with E-state index in [-0.39, 0.29) is 12.8 Å². The van der Waals surface area contributed by atoms with E-state index in [2.05, 4.69) is 10.6 Å². The third-order valence-electron chi connectivity index (χ3n) is 7.42. The minimum Gasteiger partial charge on any atom is -0.458 e. The molecule has 0 aliphatic rings. The summed E-state index contributed by atoms with van der Waals surface area (Å²) >= 11 is 0. The summed E-state index contributed by atoms with van der Waals surface area (Å²) in [6.45, 7) is 18.0. The number of esters is 1. The molecule has 49 heavy (non-hydrogen) atoms. The van der Waals surface area contributed by atoms with Crippen molar-refractivity contribution in [3.8, 4) is 0 Å². The van der Waals surface area contributed by atoms with Gasteiger partial charge in [-0.3, -0.25) is 9.59 Å². The number of hydrogen-bond donors (Lipinski definition) is 2. The summed E-state index contributed by atoms with van der Waals surface area (Å²) < 4.78 is 11.3. The average molecular weight is 672 g/mol. The van der Waals surface area contributed by atoms with Gasteiger partial charge in [-0.1, -0.05) is 90.5 Å². The number of aryl methyl sites for hydroxylation is 1. The molecule has 3 rings (SSSR count). The summed E-state index contributed by atoms with van der Waals surface area (Å²) in [5, 5.41) is 5.74. The predicted octanol–water partition coefficient (Wildman–Crippen LogP) is 6.87. The van der Waals surface area contributed by atoms with Crippen LogP contribution in [0.1, 0.15) is 90.6 Å². The molecule has 0 bridgehead atoms. The SMILES string of the molecule is Cc1ccc(C(C(=O)NC(Cc2ccccc2)C(=O)OC(C)(C)C)N(C(=O)C(Cc2ccccc2)NC(=O)OC(C)(C)C)C(C)(C)C)cc1. The molecule has 0 aliphatic carbocycles. The molecule has 264 valence electrons. The van der Waals surface area contributed by atoms with Crippen molar-refractivity contribution in [3.05, 3.63) is 107 Å². The number of hydrogen-bond acceptors (Lipinski definition) is 6. The van der Waals surface area contributed by atoms with Crippen LogP contribution in [0.3, 0.4) is 0 Å². The monoisotopic (exact) mass is 671 g/mol. The van der Waals surface area contributed by atoms with Crippen LogP contribution >= 0.6 is 0 Å². The number of benzene rings is 3. The van der Waals surface area contributed by atoms with Crippen molar-refractivity contribution in [3.63, 3.8) is 0 Å². The molecule has 0 fully saturated rings. The Kier molecular flexibility index (Phi) is 12.8. The van der Waals surface area contributed by atoms with Crippen LogP contribution in [0.15, 0.2) is 84.9 Å². The standard InChI is InChI=1S/C40H53N3O6/c1-27-21-23-30(24-22-27)33(34(44)41-32(36(46)48-39(5,6)7)26-29-19-15-12-16-20-29)43(38(2,3)4)35(45)31(25-28-17-13-11-14-18-28)42-37(47)49-40(8,9)10/h11-24,31-33H,25-26H2,1-10H3,(H,41,44)(H,42,47). The van der Waals surface area contributed by atoms with Gasteiger partial charge in [0.05, 0.1) is 0 Å². The van der Waals surface area contributed by atoms with E-state index in [0.717, 1.165) is 16.7 Å². The Hall–Kier alpha value is -4.66. The summed E-state index contributed by atoms with van der Waals surface area (Å²) in [5.41, 5.74) is 0.654. The normalized spacial score (nSPS) is 13.8. The van der Waals surface area contributed by atoms with E-state index in [1.54, 1.807) is 53.7 Å². The molecule has 0 saturated heterocycles. The fourth-order valence-corrected chi connectivity index (χ4v) is 5.35. The maximum atomic E-state index is 14.9. The van der Waals surface area contributed by atoms with Crippen LogP contribution in [0.25, 0.3) is 0 Å². The Morgan fingerprint density at radius 1 is 0.633 bits per heavy atom. The number of amides is 3. The quantitative estimate of drug-likeness (QED) is 0.215. The number of ether oxygens (including phenoxy) is 2. The van der Waals surface area contributed by atoms with Gasteiger partial charge in [0.25, 0.3) is 0 Å².